The van der Waals surface area contributed by atoms with Crippen LogP contribution >= 0.6 is 11.6 Å². The molecule has 0 aliphatic carbocycles. The Hall–Kier alpha value is -2.12. The van der Waals surface area contributed by atoms with Crippen LogP contribution in [-0.2, 0) is 9.84 Å². The highest BCUT2D eigenvalue weighted by molar-refractivity contribution is 7.90. The van der Waals surface area contributed by atoms with E-state index in [1.807, 2.05) is 0 Å². The first-order valence-electron chi connectivity index (χ1n) is 5.80. The highest BCUT2D eigenvalue weighted by Crippen LogP contribution is 2.26. The van der Waals surface area contributed by atoms with Crippen LogP contribution in [0.4, 0.5) is 11.4 Å². The Morgan fingerprint density at radius 1 is 1.33 bits per heavy atom. The molecule has 0 saturated heterocycles. The molecule has 0 aliphatic heterocycles. The fraction of sp³-hybridized carbons (Fsp3) is 0.0769. The molecule has 0 fully saturated rings. The van der Waals surface area contributed by atoms with Gasteiger partial charge in [-0.2, -0.15) is 0 Å². The van der Waals surface area contributed by atoms with E-state index in [0.717, 1.165) is 6.26 Å². The summed E-state index contributed by atoms with van der Waals surface area (Å²) in [6.07, 6.45) is 2.50. The zero-order chi connectivity index (χ0) is 15.6. The van der Waals surface area contributed by atoms with E-state index in [1.54, 1.807) is 6.07 Å². The second kappa shape index (κ2) is 5.71. The molecule has 2 rings (SSSR count). The molecule has 21 heavy (non-hydrogen) atoms. The predicted molar refractivity (Wildman–Crippen MR) is 81.2 cm³/mol. The lowest BCUT2D eigenvalue weighted by molar-refractivity contribution is 0.102. The first kappa shape index (κ1) is 15.3. The van der Waals surface area contributed by atoms with Crippen LogP contribution in [0.3, 0.4) is 0 Å². The van der Waals surface area contributed by atoms with Gasteiger partial charge in [0.25, 0.3) is 5.91 Å². The Morgan fingerprint density at radius 3 is 2.67 bits per heavy atom. The Labute approximate surface area is 126 Å². The lowest BCUT2D eigenvalue weighted by Crippen LogP contribution is -2.16. The summed E-state index contributed by atoms with van der Waals surface area (Å²) in [5.74, 6) is -0.569. The van der Waals surface area contributed by atoms with E-state index in [-0.39, 0.29) is 27.0 Å². The number of anilines is 2. The van der Waals surface area contributed by atoms with Crippen molar-refractivity contribution in [2.75, 3.05) is 17.3 Å². The molecule has 1 amide bonds. The average molecular weight is 326 g/mol. The number of hydrogen-bond donors (Lipinski definition) is 2. The van der Waals surface area contributed by atoms with Gasteiger partial charge < -0.3 is 11.1 Å². The number of sulfone groups is 1. The SMILES string of the molecule is CS(=O)(=O)c1ccc(Cl)c(NC(=O)c2ncccc2N)c1. The number of halogens is 1. The minimum absolute atomic E-state index is 0.0401. The molecule has 3 N–H and O–H groups in total. The van der Waals surface area contributed by atoms with Crippen molar-refractivity contribution in [2.24, 2.45) is 0 Å². The number of carbonyl (C=O) groups is 1. The summed E-state index contributed by atoms with van der Waals surface area (Å²) in [7, 11) is -3.40. The number of benzene rings is 1. The topological polar surface area (TPSA) is 102 Å². The lowest BCUT2D eigenvalue weighted by atomic mass is 10.2. The number of nitrogens with one attached hydrogen (secondary N) is 1. The van der Waals surface area contributed by atoms with Gasteiger partial charge in [-0.3, -0.25) is 4.79 Å². The van der Waals surface area contributed by atoms with Gasteiger partial charge in [0.05, 0.1) is 21.3 Å². The minimum atomic E-state index is -3.40. The van der Waals surface area contributed by atoms with Gasteiger partial charge in [-0.1, -0.05) is 11.6 Å². The van der Waals surface area contributed by atoms with Gasteiger partial charge in [-0.15, -0.1) is 0 Å². The first-order valence-corrected chi connectivity index (χ1v) is 8.07. The van der Waals surface area contributed by atoms with Gasteiger partial charge in [-0.25, -0.2) is 13.4 Å². The van der Waals surface area contributed by atoms with Crippen LogP contribution in [-0.4, -0.2) is 25.6 Å². The summed E-state index contributed by atoms with van der Waals surface area (Å²) < 4.78 is 23.0. The number of pyridine rings is 1. The largest absolute Gasteiger partial charge is 0.397 e. The van der Waals surface area contributed by atoms with Crippen molar-refractivity contribution in [3.8, 4) is 0 Å². The fourth-order valence-electron chi connectivity index (χ4n) is 1.62. The third kappa shape index (κ3) is 3.50. The number of nitrogen functional groups attached to an aromatic ring is 1. The van der Waals surface area contributed by atoms with E-state index in [4.69, 9.17) is 17.3 Å². The quantitative estimate of drug-likeness (QED) is 0.898. The molecule has 1 heterocycles. The van der Waals surface area contributed by atoms with Crippen LogP contribution in [0.1, 0.15) is 10.5 Å². The molecule has 0 atom stereocenters. The third-order valence-corrected chi connectivity index (χ3v) is 4.11. The van der Waals surface area contributed by atoms with Crippen LogP contribution in [0.15, 0.2) is 41.4 Å². The van der Waals surface area contributed by atoms with Gasteiger partial charge in [0, 0.05) is 12.5 Å². The van der Waals surface area contributed by atoms with Crippen LogP contribution in [0.25, 0.3) is 0 Å². The lowest BCUT2D eigenvalue weighted by Gasteiger charge is -2.09. The Morgan fingerprint density at radius 2 is 2.05 bits per heavy atom. The van der Waals surface area contributed by atoms with Crippen molar-refractivity contribution in [2.45, 2.75) is 4.90 Å². The molecule has 0 spiro atoms. The van der Waals surface area contributed by atoms with Gasteiger partial charge in [-0.05, 0) is 30.3 Å². The van der Waals surface area contributed by atoms with E-state index in [2.05, 4.69) is 10.3 Å². The van der Waals surface area contributed by atoms with Crippen molar-refractivity contribution in [3.05, 3.63) is 47.2 Å². The van der Waals surface area contributed by atoms with E-state index < -0.39 is 15.7 Å². The summed E-state index contributed by atoms with van der Waals surface area (Å²) in [5.41, 5.74) is 6.09. The van der Waals surface area contributed by atoms with Crippen LogP contribution in [0.2, 0.25) is 5.02 Å². The van der Waals surface area contributed by atoms with E-state index in [1.165, 1.54) is 30.5 Å². The second-order valence-corrected chi connectivity index (χ2v) is 6.73. The molecule has 6 nitrogen and oxygen atoms in total. The number of nitrogens with two attached hydrogens (primary N) is 1. The zero-order valence-corrected chi connectivity index (χ0v) is 12.6. The van der Waals surface area contributed by atoms with Gasteiger partial charge >= 0.3 is 0 Å². The number of nitrogens with zero attached hydrogens (tertiary/aromatic N) is 1. The van der Waals surface area contributed by atoms with Crippen LogP contribution in [0.5, 0.6) is 0 Å². The van der Waals surface area contributed by atoms with Gasteiger partial charge in [0.1, 0.15) is 0 Å². The maximum atomic E-state index is 12.1. The van der Waals surface area contributed by atoms with Crippen molar-refractivity contribution >= 4 is 38.7 Å². The van der Waals surface area contributed by atoms with Crippen molar-refractivity contribution in [3.63, 3.8) is 0 Å². The van der Waals surface area contributed by atoms with E-state index >= 15 is 0 Å². The summed E-state index contributed by atoms with van der Waals surface area (Å²) in [4.78, 5) is 16.0. The molecule has 0 unspecified atom stereocenters. The van der Waals surface area contributed by atoms with Gasteiger partial charge in [0.2, 0.25) is 0 Å². The monoisotopic (exact) mass is 325 g/mol. The van der Waals surface area contributed by atoms with E-state index in [0.29, 0.717) is 0 Å². The van der Waals surface area contributed by atoms with E-state index in [9.17, 15) is 13.2 Å². The third-order valence-electron chi connectivity index (χ3n) is 2.67. The molecule has 0 saturated carbocycles. The number of hydrogen-bond acceptors (Lipinski definition) is 5. The average Bonchev–Trinajstić information content (AvgIpc) is 2.40. The number of carbonyl (C=O) groups excluding carboxylic acids is 1. The molecule has 0 radical (unpaired) electrons. The predicted octanol–water partition coefficient (Wildman–Crippen LogP) is 1.97. The normalized spacial score (nSPS) is 11.1. The first-order chi connectivity index (χ1) is 9.79. The number of rotatable bonds is 3. The molecule has 2 aromatic rings. The summed E-state index contributed by atoms with van der Waals surface area (Å²) >= 11 is 5.96. The fourth-order valence-corrected chi connectivity index (χ4v) is 2.43. The molecule has 0 aliphatic rings. The Balaban J connectivity index is 2.36. The standard InChI is InChI=1S/C13H12ClN3O3S/c1-21(19,20)8-4-5-9(14)11(7-8)17-13(18)12-10(15)3-2-6-16-12/h2-7H,15H2,1H3,(H,17,18). The maximum absolute atomic E-state index is 12.1. The summed E-state index contributed by atoms with van der Waals surface area (Å²) in [6, 6.07) is 7.19. The Kier molecular flexibility index (Phi) is 4.15. The van der Waals surface area contributed by atoms with Crippen molar-refractivity contribution < 1.29 is 13.2 Å². The highest BCUT2D eigenvalue weighted by atomic mass is 35.5. The molecule has 0 bridgehead atoms. The summed E-state index contributed by atoms with van der Waals surface area (Å²) in [5, 5.41) is 2.72. The minimum Gasteiger partial charge on any atom is -0.397 e. The van der Waals surface area contributed by atoms with Crippen LogP contribution in [0, 0.1) is 0 Å². The molecular weight excluding hydrogens is 314 g/mol. The van der Waals surface area contributed by atoms with Gasteiger partial charge in [0.15, 0.2) is 15.5 Å². The van der Waals surface area contributed by atoms with Crippen molar-refractivity contribution in [1.82, 2.24) is 4.98 Å². The second-order valence-electron chi connectivity index (χ2n) is 4.31. The molecule has 1 aromatic carbocycles. The maximum Gasteiger partial charge on any atom is 0.276 e. The molecule has 1 aromatic heterocycles. The number of amides is 1. The molecular formula is C13H12ClN3O3S. The smallest absolute Gasteiger partial charge is 0.276 e. The van der Waals surface area contributed by atoms with Crippen molar-refractivity contribution in [1.29, 1.82) is 0 Å². The zero-order valence-electron chi connectivity index (χ0n) is 11.0. The highest BCUT2D eigenvalue weighted by Gasteiger charge is 2.15. The molecule has 8 heteroatoms. The summed E-state index contributed by atoms with van der Waals surface area (Å²) in [6.45, 7) is 0. The van der Waals surface area contributed by atoms with Crippen LogP contribution < -0.4 is 11.1 Å². The molecule has 110 valence electrons. The number of aromatic nitrogens is 1. The Bertz CT molecular complexity index is 806.